The van der Waals surface area contributed by atoms with Gasteiger partial charge in [0.25, 0.3) is 11.5 Å². The molecular weight excluding hydrogens is 392 g/mol. The number of carbonyl (C=O) groups excluding carboxylic acids is 1. The molecule has 2 atom stereocenters. The fourth-order valence-corrected chi connectivity index (χ4v) is 4.14. The first-order valence-corrected chi connectivity index (χ1v) is 10.7. The molecule has 7 nitrogen and oxygen atoms in total. The van der Waals surface area contributed by atoms with Crippen molar-refractivity contribution in [3.8, 4) is 0 Å². The van der Waals surface area contributed by atoms with Gasteiger partial charge in [-0.2, -0.15) is 5.10 Å². The van der Waals surface area contributed by atoms with Gasteiger partial charge in [0.05, 0.1) is 24.1 Å². The zero-order valence-corrected chi connectivity index (χ0v) is 18.0. The fourth-order valence-electron chi connectivity index (χ4n) is 4.14. The number of fused-ring (bicyclic) bond motifs is 1. The first kappa shape index (κ1) is 21.2. The summed E-state index contributed by atoms with van der Waals surface area (Å²) in [5.74, 6) is -0.271. The van der Waals surface area contributed by atoms with Gasteiger partial charge in [-0.1, -0.05) is 48.5 Å². The largest absolute Gasteiger partial charge is 0.373 e. The van der Waals surface area contributed by atoms with Gasteiger partial charge < -0.3 is 10.1 Å². The van der Waals surface area contributed by atoms with Crippen LogP contribution in [0.3, 0.4) is 0 Å². The number of nitrogens with zero attached hydrogens (tertiary/aromatic N) is 3. The molecule has 7 heteroatoms. The highest BCUT2D eigenvalue weighted by atomic mass is 16.5. The summed E-state index contributed by atoms with van der Waals surface area (Å²) in [5, 5.41) is 8.49. The molecule has 1 aromatic heterocycles. The van der Waals surface area contributed by atoms with Crippen LogP contribution >= 0.6 is 0 Å². The molecular formula is C24H28N4O3. The number of hydrogen-bond donors (Lipinski definition) is 1. The minimum Gasteiger partial charge on any atom is -0.373 e. The Hall–Kier alpha value is -3.03. The number of nitrogens with one attached hydrogen (secondary N) is 1. The molecule has 0 spiro atoms. The number of aromatic nitrogens is 2. The molecule has 0 saturated carbocycles. The Bertz CT molecular complexity index is 1100. The van der Waals surface area contributed by atoms with E-state index in [1.807, 2.05) is 36.4 Å². The Labute approximate surface area is 181 Å². The van der Waals surface area contributed by atoms with E-state index in [1.54, 1.807) is 18.2 Å². The highest BCUT2D eigenvalue weighted by Crippen LogP contribution is 2.14. The lowest BCUT2D eigenvalue weighted by atomic mass is 10.1. The van der Waals surface area contributed by atoms with E-state index in [-0.39, 0.29) is 29.4 Å². The third-order valence-corrected chi connectivity index (χ3v) is 5.47. The second kappa shape index (κ2) is 9.41. The van der Waals surface area contributed by atoms with Gasteiger partial charge in [-0.25, -0.2) is 4.68 Å². The number of hydrogen-bond acceptors (Lipinski definition) is 5. The van der Waals surface area contributed by atoms with Crippen LogP contribution in [0.2, 0.25) is 0 Å². The van der Waals surface area contributed by atoms with E-state index in [4.69, 9.17) is 4.74 Å². The lowest BCUT2D eigenvalue weighted by Gasteiger charge is -2.35. The van der Waals surface area contributed by atoms with E-state index >= 15 is 0 Å². The molecule has 1 N–H and O–H groups in total. The number of morpholine rings is 1. The minimum atomic E-state index is -0.271. The lowest BCUT2D eigenvalue weighted by molar-refractivity contribution is -0.0672. The van der Waals surface area contributed by atoms with Gasteiger partial charge in [-0.05, 0) is 25.5 Å². The third kappa shape index (κ3) is 5.00. The average molecular weight is 421 g/mol. The summed E-state index contributed by atoms with van der Waals surface area (Å²) in [6.07, 6.45) is 0.373. The van der Waals surface area contributed by atoms with Crippen molar-refractivity contribution in [2.24, 2.45) is 0 Å². The Kier molecular flexibility index (Phi) is 6.44. The molecule has 31 heavy (non-hydrogen) atoms. The van der Waals surface area contributed by atoms with E-state index in [2.05, 4.69) is 29.2 Å². The maximum Gasteiger partial charge on any atom is 0.274 e. The summed E-state index contributed by atoms with van der Waals surface area (Å²) < 4.78 is 7.14. The molecule has 1 saturated heterocycles. The summed E-state index contributed by atoms with van der Waals surface area (Å²) in [6.45, 7) is 7.39. The SMILES string of the molecule is CC1CN(CCNC(=O)c2nn(Cc3ccccc3)c(=O)c3ccccc23)CC(C)O1. The summed E-state index contributed by atoms with van der Waals surface area (Å²) in [5.41, 5.74) is 1.02. The molecule has 0 bridgehead atoms. The predicted molar refractivity (Wildman–Crippen MR) is 120 cm³/mol. The molecule has 4 rings (SSSR count). The number of ether oxygens (including phenoxy) is 1. The van der Waals surface area contributed by atoms with E-state index in [9.17, 15) is 9.59 Å². The molecule has 1 aliphatic heterocycles. The van der Waals surface area contributed by atoms with Crippen LogP contribution in [0.25, 0.3) is 10.8 Å². The van der Waals surface area contributed by atoms with Crippen molar-refractivity contribution in [3.05, 3.63) is 76.2 Å². The van der Waals surface area contributed by atoms with Crippen molar-refractivity contribution in [1.82, 2.24) is 20.0 Å². The van der Waals surface area contributed by atoms with Crippen LogP contribution in [0.15, 0.2) is 59.4 Å². The number of benzene rings is 2. The Morgan fingerprint density at radius 3 is 2.39 bits per heavy atom. The number of rotatable bonds is 6. The maximum absolute atomic E-state index is 13.0. The van der Waals surface area contributed by atoms with Crippen molar-refractivity contribution in [1.29, 1.82) is 0 Å². The van der Waals surface area contributed by atoms with E-state index in [0.29, 0.717) is 23.9 Å². The number of amides is 1. The van der Waals surface area contributed by atoms with Crippen LogP contribution < -0.4 is 10.9 Å². The van der Waals surface area contributed by atoms with Gasteiger partial charge in [-0.3, -0.25) is 14.5 Å². The number of carbonyl (C=O) groups is 1. The third-order valence-electron chi connectivity index (χ3n) is 5.47. The molecule has 1 amide bonds. The fraction of sp³-hybridized carbons (Fsp3) is 0.375. The van der Waals surface area contributed by atoms with Crippen LogP contribution in [0.5, 0.6) is 0 Å². The lowest BCUT2D eigenvalue weighted by Crippen LogP contribution is -2.48. The summed E-state index contributed by atoms with van der Waals surface area (Å²) in [7, 11) is 0. The molecule has 2 heterocycles. The van der Waals surface area contributed by atoms with Crippen LogP contribution in [0.1, 0.15) is 29.9 Å². The molecule has 2 unspecified atom stereocenters. The van der Waals surface area contributed by atoms with Crippen LogP contribution in [-0.4, -0.2) is 59.0 Å². The van der Waals surface area contributed by atoms with E-state index in [1.165, 1.54) is 4.68 Å². The van der Waals surface area contributed by atoms with Gasteiger partial charge in [0.1, 0.15) is 0 Å². The van der Waals surface area contributed by atoms with Crippen molar-refractivity contribution >= 4 is 16.7 Å². The zero-order valence-electron chi connectivity index (χ0n) is 18.0. The van der Waals surface area contributed by atoms with E-state index < -0.39 is 0 Å². The highest BCUT2D eigenvalue weighted by molar-refractivity contribution is 6.04. The van der Waals surface area contributed by atoms with Gasteiger partial charge >= 0.3 is 0 Å². The standard InChI is InChI=1S/C24H28N4O3/c1-17-14-27(15-18(2)31-17)13-12-25-23(29)22-20-10-6-7-11-21(20)24(30)28(26-22)16-19-8-4-3-5-9-19/h3-11,17-18H,12-16H2,1-2H3,(H,25,29). The van der Waals surface area contributed by atoms with Gasteiger partial charge in [0, 0.05) is 31.6 Å². The molecule has 1 fully saturated rings. The topological polar surface area (TPSA) is 76.5 Å². The van der Waals surface area contributed by atoms with Crippen LogP contribution in [-0.2, 0) is 11.3 Å². The summed E-state index contributed by atoms with van der Waals surface area (Å²) in [4.78, 5) is 28.2. The van der Waals surface area contributed by atoms with E-state index in [0.717, 1.165) is 25.2 Å². The molecule has 2 aromatic carbocycles. The summed E-state index contributed by atoms with van der Waals surface area (Å²) >= 11 is 0. The quantitative estimate of drug-likeness (QED) is 0.662. The van der Waals surface area contributed by atoms with Crippen molar-refractivity contribution < 1.29 is 9.53 Å². The minimum absolute atomic E-state index is 0.187. The highest BCUT2D eigenvalue weighted by Gasteiger charge is 2.22. The summed E-state index contributed by atoms with van der Waals surface area (Å²) in [6, 6.07) is 16.8. The van der Waals surface area contributed by atoms with Crippen molar-refractivity contribution in [2.75, 3.05) is 26.2 Å². The normalized spacial score (nSPS) is 19.4. The van der Waals surface area contributed by atoms with Crippen LogP contribution in [0, 0.1) is 0 Å². The Morgan fingerprint density at radius 1 is 1.03 bits per heavy atom. The smallest absolute Gasteiger partial charge is 0.274 e. The average Bonchev–Trinajstić information content (AvgIpc) is 2.76. The van der Waals surface area contributed by atoms with Crippen molar-refractivity contribution in [2.45, 2.75) is 32.6 Å². The van der Waals surface area contributed by atoms with Crippen LogP contribution in [0.4, 0.5) is 0 Å². The monoisotopic (exact) mass is 420 g/mol. The molecule has 0 aliphatic carbocycles. The maximum atomic E-state index is 13.0. The second-order valence-electron chi connectivity index (χ2n) is 8.12. The Morgan fingerprint density at radius 2 is 1.68 bits per heavy atom. The first-order chi connectivity index (χ1) is 15.0. The molecule has 162 valence electrons. The second-order valence-corrected chi connectivity index (χ2v) is 8.12. The molecule has 1 aliphatic rings. The molecule has 0 radical (unpaired) electrons. The Balaban J connectivity index is 1.54. The van der Waals surface area contributed by atoms with Gasteiger partial charge in [0.15, 0.2) is 5.69 Å². The predicted octanol–water partition coefficient (Wildman–Crippen LogP) is 2.28. The van der Waals surface area contributed by atoms with Crippen molar-refractivity contribution in [3.63, 3.8) is 0 Å². The molecule has 3 aromatic rings. The van der Waals surface area contributed by atoms with Gasteiger partial charge in [-0.15, -0.1) is 0 Å². The van der Waals surface area contributed by atoms with Gasteiger partial charge in [0.2, 0.25) is 0 Å². The first-order valence-electron chi connectivity index (χ1n) is 10.7. The zero-order chi connectivity index (χ0) is 21.8.